The minimum absolute atomic E-state index is 0.00853. The van der Waals surface area contributed by atoms with Crippen LogP contribution in [0.3, 0.4) is 0 Å². The highest BCUT2D eigenvalue weighted by Gasteiger charge is 2.31. The van der Waals surface area contributed by atoms with E-state index in [-0.39, 0.29) is 12.1 Å². The molecule has 0 saturated carbocycles. The van der Waals surface area contributed by atoms with Gasteiger partial charge in [0.1, 0.15) is 11.5 Å². The molecule has 0 saturated heterocycles. The van der Waals surface area contributed by atoms with Gasteiger partial charge in [0.05, 0.1) is 20.3 Å². The van der Waals surface area contributed by atoms with E-state index in [9.17, 15) is 5.11 Å². The molecule has 1 aliphatic carbocycles. The Morgan fingerprint density at radius 1 is 1.13 bits per heavy atom. The van der Waals surface area contributed by atoms with E-state index in [0.717, 1.165) is 29.0 Å². The Morgan fingerprint density at radius 3 is 2.61 bits per heavy atom. The lowest BCUT2D eigenvalue weighted by molar-refractivity contribution is 0.136. The third-order valence-corrected chi connectivity index (χ3v) is 4.57. The van der Waals surface area contributed by atoms with Gasteiger partial charge in [0.2, 0.25) is 0 Å². The Hall–Kier alpha value is -2.04. The average Bonchev–Trinajstić information content (AvgIpc) is 2.90. The van der Waals surface area contributed by atoms with E-state index in [1.165, 1.54) is 5.56 Å². The normalized spacial score (nSPS) is 20.9. The molecule has 23 heavy (non-hydrogen) atoms. The number of hydrogen-bond donors (Lipinski definition) is 2. The Morgan fingerprint density at radius 2 is 1.91 bits per heavy atom. The van der Waals surface area contributed by atoms with Crippen molar-refractivity contribution < 1.29 is 14.6 Å². The van der Waals surface area contributed by atoms with Crippen LogP contribution in [-0.4, -0.2) is 25.4 Å². The topological polar surface area (TPSA) is 50.7 Å². The maximum absolute atomic E-state index is 10.5. The molecule has 3 rings (SSSR count). The van der Waals surface area contributed by atoms with Crippen LogP contribution in [0.25, 0.3) is 0 Å². The molecule has 0 aliphatic heterocycles. The molecule has 4 nitrogen and oxygen atoms in total. The van der Waals surface area contributed by atoms with Crippen molar-refractivity contribution >= 4 is 0 Å². The van der Waals surface area contributed by atoms with Gasteiger partial charge in [-0.1, -0.05) is 30.3 Å². The Kier molecular flexibility index (Phi) is 4.55. The van der Waals surface area contributed by atoms with Gasteiger partial charge >= 0.3 is 0 Å². The quantitative estimate of drug-likeness (QED) is 0.891. The van der Waals surface area contributed by atoms with Crippen LogP contribution in [0, 0.1) is 0 Å². The summed E-state index contributed by atoms with van der Waals surface area (Å²) in [6, 6.07) is 14.0. The first-order chi connectivity index (χ1) is 11.1. The molecule has 4 heteroatoms. The number of hydrogen-bond acceptors (Lipinski definition) is 4. The summed E-state index contributed by atoms with van der Waals surface area (Å²) in [5, 5.41) is 14.1. The summed E-state index contributed by atoms with van der Waals surface area (Å²) in [7, 11) is 3.30. The van der Waals surface area contributed by atoms with Gasteiger partial charge in [0.25, 0.3) is 0 Å². The molecule has 1 aliphatic rings. The Balaban J connectivity index is 1.77. The van der Waals surface area contributed by atoms with Crippen molar-refractivity contribution in [1.82, 2.24) is 5.32 Å². The molecule has 0 heterocycles. The third-order valence-electron chi connectivity index (χ3n) is 4.57. The van der Waals surface area contributed by atoms with E-state index in [1.54, 1.807) is 14.2 Å². The van der Waals surface area contributed by atoms with Crippen molar-refractivity contribution in [2.75, 3.05) is 14.2 Å². The van der Waals surface area contributed by atoms with Gasteiger partial charge in [-0.25, -0.2) is 0 Å². The number of benzene rings is 2. The van der Waals surface area contributed by atoms with Crippen molar-refractivity contribution in [2.24, 2.45) is 0 Å². The van der Waals surface area contributed by atoms with E-state index < -0.39 is 6.10 Å². The molecule has 0 bridgehead atoms. The van der Waals surface area contributed by atoms with E-state index in [2.05, 4.69) is 18.3 Å². The summed E-state index contributed by atoms with van der Waals surface area (Å²) in [5.74, 6) is 1.56. The van der Waals surface area contributed by atoms with Crippen LogP contribution < -0.4 is 14.8 Å². The second-order valence-electron chi connectivity index (χ2n) is 5.95. The summed E-state index contributed by atoms with van der Waals surface area (Å²) < 4.78 is 10.7. The molecule has 2 N–H and O–H groups in total. The fraction of sp³-hybridized carbons (Fsp3) is 0.368. The van der Waals surface area contributed by atoms with Crippen LogP contribution >= 0.6 is 0 Å². The molecule has 0 aromatic heterocycles. The summed E-state index contributed by atoms with van der Waals surface area (Å²) >= 11 is 0. The van der Waals surface area contributed by atoms with Crippen LogP contribution in [0.5, 0.6) is 11.5 Å². The minimum atomic E-state index is -0.474. The second-order valence-corrected chi connectivity index (χ2v) is 5.95. The highest BCUT2D eigenvalue weighted by Crippen LogP contribution is 2.34. The van der Waals surface area contributed by atoms with Crippen molar-refractivity contribution in [3.63, 3.8) is 0 Å². The van der Waals surface area contributed by atoms with Gasteiger partial charge in [-0.15, -0.1) is 0 Å². The molecular formula is C19H23NO3. The van der Waals surface area contributed by atoms with Crippen molar-refractivity contribution in [3.05, 3.63) is 59.2 Å². The average molecular weight is 313 g/mol. The summed E-state index contributed by atoms with van der Waals surface area (Å²) in [6.07, 6.45) is 0.359. The van der Waals surface area contributed by atoms with Gasteiger partial charge in [0.15, 0.2) is 0 Å². The zero-order valence-corrected chi connectivity index (χ0v) is 13.7. The SMILES string of the molecule is COc1ccc(C(C)NC2Cc3ccccc3C2O)c(OC)c1. The van der Waals surface area contributed by atoms with Crippen LogP contribution in [-0.2, 0) is 6.42 Å². The van der Waals surface area contributed by atoms with Gasteiger partial charge in [-0.3, -0.25) is 0 Å². The fourth-order valence-corrected chi connectivity index (χ4v) is 3.31. The molecule has 0 fully saturated rings. The molecule has 122 valence electrons. The van der Waals surface area contributed by atoms with Gasteiger partial charge < -0.3 is 19.9 Å². The number of methoxy groups -OCH3 is 2. The number of fused-ring (bicyclic) bond motifs is 1. The van der Waals surface area contributed by atoms with Crippen LogP contribution in [0.4, 0.5) is 0 Å². The van der Waals surface area contributed by atoms with Gasteiger partial charge in [-0.2, -0.15) is 0 Å². The summed E-state index contributed by atoms with van der Waals surface area (Å²) in [5.41, 5.74) is 3.29. The number of nitrogens with one attached hydrogen (secondary N) is 1. The second kappa shape index (κ2) is 6.60. The zero-order chi connectivity index (χ0) is 16.4. The number of aliphatic hydroxyl groups excluding tert-OH is 1. The molecule has 3 unspecified atom stereocenters. The minimum Gasteiger partial charge on any atom is -0.497 e. The predicted molar refractivity (Wildman–Crippen MR) is 90.0 cm³/mol. The molecular weight excluding hydrogens is 290 g/mol. The van der Waals surface area contributed by atoms with Crippen molar-refractivity contribution in [2.45, 2.75) is 31.5 Å². The molecule has 3 atom stereocenters. The lowest BCUT2D eigenvalue weighted by atomic mass is 10.0. The van der Waals surface area contributed by atoms with Gasteiger partial charge in [0, 0.05) is 23.7 Å². The van der Waals surface area contributed by atoms with Crippen molar-refractivity contribution in [3.8, 4) is 11.5 Å². The maximum Gasteiger partial charge on any atom is 0.127 e. The Labute approximate surface area is 137 Å². The van der Waals surface area contributed by atoms with E-state index in [1.807, 2.05) is 36.4 Å². The Bertz CT molecular complexity index is 686. The third kappa shape index (κ3) is 3.05. The smallest absolute Gasteiger partial charge is 0.127 e. The molecule has 0 spiro atoms. The molecule has 2 aromatic rings. The van der Waals surface area contributed by atoms with E-state index >= 15 is 0 Å². The van der Waals surface area contributed by atoms with E-state index in [0.29, 0.717) is 0 Å². The maximum atomic E-state index is 10.5. The molecule has 2 aromatic carbocycles. The van der Waals surface area contributed by atoms with Gasteiger partial charge in [-0.05, 0) is 30.5 Å². The standard InChI is InChI=1S/C19H23NO3/c1-12(15-9-8-14(22-2)11-18(15)23-3)20-17-10-13-6-4-5-7-16(13)19(17)21/h4-9,11-12,17,19-21H,10H2,1-3H3. The molecule has 0 amide bonds. The summed E-state index contributed by atoms with van der Waals surface area (Å²) in [4.78, 5) is 0. The first-order valence-corrected chi connectivity index (χ1v) is 7.88. The highest BCUT2D eigenvalue weighted by molar-refractivity contribution is 5.43. The van der Waals surface area contributed by atoms with Crippen LogP contribution in [0.2, 0.25) is 0 Å². The number of aliphatic hydroxyl groups is 1. The fourth-order valence-electron chi connectivity index (χ4n) is 3.31. The number of ether oxygens (including phenoxy) is 2. The van der Waals surface area contributed by atoms with Crippen LogP contribution in [0.1, 0.15) is 35.8 Å². The largest absolute Gasteiger partial charge is 0.497 e. The lowest BCUT2D eigenvalue weighted by Crippen LogP contribution is -2.35. The van der Waals surface area contributed by atoms with Crippen molar-refractivity contribution in [1.29, 1.82) is 0 Å². The molecule has 0 radical (unpaired) electrons. The highest BCUT2D eigenvalue weighted by atomic mass is 16.5. The summed E-state index contributed by atoms with van der Waals surface area (Å²) in [6.45, 7) is 2.08. The van der Waals surface area contributed by atoms with E-state index in [4.69, 9.17) is 9.47 Å². The first kappa shape index (κ1) is 15.8. The number of rotatable bonds is 5. The first-order valence-electron chi connectivity index (χ1n) is 7.88. The van der Waals surface area contributed by atoms with Crippen LogP contribution in [0.15, 0.2) is 42.5 Å². The lowest BCUT2D eigenvalue weighted by Gasteiger charge is -2.24. The monoisotopic (exact) mass is 313 g/mol. The zero-order valence-electron chi connectivity index (χ0n) is 13.7. The predicted octanol–water partition coefficient (Wildman–Crippen LogP) is 3.01.